The first kappa shape index (κ1) is 31.8. The van der Waals surface area contributed by atoms with E-state index in [1.807, 2.05) is 57.2 Å². The summed E-state index contributed by atoms with van der Waals surface area (Å²) in [5.41, 5.74) is 3.58. The Morgan fingerprint density at radius 3 is 2.20 bits per heavy atom. The number of halogens is 1. The third-order valence-corrected chi connectivity index (χ3v) is 7.96. The molecule has 0 aliphatic heterocycles. The van der Waals surface area contributed by atoms with Crippen molar-refractivity contribution in [2.45, 2.75) is 59.0 Å². The van der Waals surface area contributed by atoms with Crippen molar-refractivity contribution in [1.29, 1.82) is 0 Å². The molecule has 9 heteroatoms. The van der Waals surface area contributed by atoms with Gasteiger partial charge in [-0.15, -0.1) is 0 Å². The van der Waals surface area contributed by atoms with Gasteiger partial charge < -0.3 is 10.2 Å². The molecule has 0 saturated heterocycles. The topological polar surface area (TPSA) is 86.8 Å². The molecule has 220 valence electrons. The molecule has 0 aliphatic rings. The van der Waals surface area contributed by atoms with Crippen LogP contribution in [0.1, 0.15) is 48.4 Å². The van der Waals surface area contributed by atoms with Gasteiger partial charge in [-0.25, -0.2) is 12.8 Å². The van der Waals surface area contributed by atoms with Crippen LogP contribution in [0.3, 0.4) is 0 Å². The second kappa shape index (κ2) is 14.8. The molecule has 0 aromatic heterocycles. The molecular formula is C32H40FN3O4S. The lowest BCUT2D eigenvalue weighted by Gasteiger charge is -2.32. The van der Waals surface area contributed by atoms with Gasteiger partial charge in [-0.3, -0.25) is 13.9 Å². The molecule has 0 bridgehead atoms. The van der Waals surface area contributed by atoms with Gasteiger partial charge in [0.1, 0.15) is 11.9 Å². The number of anilines is 1. The van der Waals surface area contributed by atoms with Crippen LogP contribution in [-0.4, -0.2) is 50.5 Å². The van der Waals surface area contributed by atoms with Crippen molar-refractivity contribution in [2.75, 3.05) is 23.7 Å². The van der Waals surface area contributed by atoms with Gasteiger partial charge in [0.25, 0.3) is 0 Å². The van der Waals surface area contributed by atoms with Crippen molar-refractivity contribution < 1.29 is 22.4 Å². The highest BCUT2D eigenvalue weighted by molar-refractivity contribution is 7.92. The summed E-state index contributed by atoms with van der Waals surface area (Å²) in [6.07, 6.45) is 2.34. The maximum Gasteiger partial charge on any atom is 0.243 e. The summed E-state index contributed by atoms with van der Waals surface area (Å²) in [5, 5.41) is 2.90. The van der Waals surface area contributed by atoms with E-state index in [-0.39, 0.29) is 44.2 Å². The summed E-state index contributed by atoms with van der Waals surface area (Å²) in [6.45, 7) is 6.19. The zero-order valence-electron chi connectivity index (χ0n) is 24.3. The lowest BCUT2D eigenvalue weighted by molar-refractivity contribution is -0.141. The molecule has 2 amide bonds. The van der Waals surface area contributed by atoms with Gasteiger partial charge in [-0.05, 0) is 61.6 Å². The number of nitrogens with zero attached hydrogens (tertiary/aromatic N) is 2. The highest BCUT2D eigenvalue weighted by Gasteiger charge is 2.31. The van der Waals surface area contributed by atoms with Crippen molar-refractivity contribution in [1.82, 2.24) is 10.2 Å². The van der Waals surface area contributed by atoms with E-state index >= 15 is 0 Å². The van der Waals surface area contributed by atoms with Crippen molar-refractivity contribution in [3.63, 3.8) is 0 Å². The number of hydrogen-bond acceptors (Lipinski definition) is 4. The molecule has 0 radical (unpaired) electrons. The van der Waals surface area contributed by atoms with Crippen LogP contribution in [-0.2, 0) is 32.6 Å². The van der Waals surface area contributed by atoms with E-state index in [2.05, 4.69) is 5.32 Å². The van der Waals surface area contributed by atoms with E-state index in [0.29, 0.717) is 17.8 Å². The number of carbonyl (C=O) groups excluding carboxylic acids is 2. The highest BCUT2D eigenvalue weighted by atomic mass is 32.2. The molecule has 0 spiro atoms. The molecule has 1 atom stereocenters. The predicted molar refractivity (Wildman–Crippen MR) is 162 cm³/mol. The van der Waals surface area contributed by atoms with Gasteiger partial charge in [0.2, 0.25) is 21.8 Å². The monoisotopic (exact) mass is 581 g/mol. The molecule has 7 nitrogen and oxygen atoms in total. The second-order valence-corrected chi connectivity index (χ2v) is 12.3. The summed E-state index contributed by atoms with van der Waals surface area (Å²) < 4.78 is 41.4. The van der Waals surface area contributed by atoms with Crippen molar-refractivity contribution in [3.8, 4) is 0 Å². The maximum atomic E-state index is 14.7. The Kier molecular flexibility index (Phi) is 11.5. The lowest BCUT2D eigenvalue weighted by Crippen LogP contribution is -2.50. The minimum Gasteiger partial charge on any atom is -0.354 e. The molecule has 0 aliphatic carbocycles. The molecule has 3 rings (SSSR count). The number of nitrogens with one attached hydrogen (secondary N) is 1. The van der Waals surface area contributed by atoms with E-state index in [4.69, 9.17) is 0 Å². The third kappa shape index (κ3) is 9.42. The Morgan fingerprint density at radius 2 is 1.59 bits per heavy atom. The third-order valence-electron chi connectivity index (χ3n) is 6.77. The predicted octanol–water partition coefficient (Wildman–Crippen LogP) is 5.16. The molecule has 0 unspecified atom stereocenters. The number of hydrogen-bond donors (Lipinski definition) is 1. The van der Waals surface area contributed by atoms with Crippen LogP contribution < -0.4 is 9.62 Å². The van der Waals surface area contributed by atoms with Crippen LogP contribution in [0.25, 0.3) is 0 Å². The van der Waals surface area contributed by atoms with Crippen LogP contribution in [0.5, 0.6) is 0 Å². The first-order valence-electron chi connectivity index (χ1n) is 13.9. The molecule has 0 saturated carbocycles. The van der Waals surface area contributed by atoms with E-state index in [1.165, 1.54) is 15.3 Å². The summed E-state index contributed by atoms with van der Waals surface area (Å²) in [6, 6.07) is 20.3. The number of carbonyl (C=O) groups is 2. The van der Waals surface area contributed by atoms with Crippen molar-refractivity contribution in [3.05, 3.63) is 101 Å². The SMILES string of the molecule is CCCNC(=O)[C@H](Cc1ccccc1)N(Cc1ccccc1F)C(=O)CCCN(c1cc(C)cc(C)c1)S(C)(=O)=O. The zero-order valence-corrected chi connectivity index (χ0v) is 25.1. The standard InChI is InChI=1S/C32H40FN3O4S/c1-5-17-34-32(38)30(22-26-12-7-6-8-13-26)35(23-27-14-9-10-15-29(27)33)31(37)16-11-18-36(41(4,39)40)28-20-24(2)19-25(3)21-28/h6-10,12-15,19-21,30H,5,11,16-18,22-23H2,1-4H3,(H,34,38)/t30-/m0/s1. The molecular weight excluding hydrogens is 541 g/mol. The fraction of sp³-hybridized carbons (Fsp3) is 0.375. The number of aryl methyl sites for hydroxylation is 2. The Labute approximate surface area is 243 Å². The molecule has 0 fully saturated rings. The van der Waals surface area contributed by atoms with E-state index in [1.54, 1.807) is 30.3 Å². The van der Waals surface area contributed by atoms with Gasteiger partial charge >= 0.3 is 0 Å². The number of rotatable bonds is 14. The average Bonchev–Trinajstić information content (AvgIpc) is 2.91. The minimum absolute atomic E-state index is 0.0163. The van der Waals surface area contributed by atoms with Crippen LogP contribution in [0.4, 0.5) is 10.1 Å². The number of sulfonamides is 1. The summed E-state index contributed by atoms with van der Waals surface area (Å²) in [7, 11) is -3.61. The second-order valence-electron chi connectivity index (χ2n) is 10.4. The van der Waals surface area contributed by atoms with Gasteiger partial charge in [-0.2, -0.15) is 0 Å². The summed E-state index contributed by atoms with van der Waals surface area (Å²) in [5.74, 6) is -1.13. The molecule has 1 N–H and O–H groups in total. The fourth-order valence-corrected chi connectivity index (χ4v) is 5.78. The Bertz CT molecular complexity index is 1410. The normalized spacial score (nSPS) is 12.0. The summed E-state index contributed by atoms with van der Waals surface area (Å²) in [4.78, 5) is 28.6. The van der Waals surface area contributed by atoms with Gasteiger partial charge in [0.15, 0.2) is 0 Å². The zero-order chi connectivity index (χ0) is 30.0. The van der Waals surface area contributed by atoms with Crippen molar-refractivity contribution >= 4 is 27.5 Å². The van der Waals surface area contributed by atoms with Crippen molar-refractivity contribution in [2.24, 2.45) is 0 Å². The van der Waals surface area contributed by atoms with Gasteiger partial charge in [0.05, 0.1) is 11.9 Å². The Hall–Kier alpha value is -3.72. The largest absolute Gasteiger partial charge is 0.354 e. The molecule has 0 heterocycles. The quantitative estimate of drug-likeness (QED) is 0.285. The van der Waals surface area contributed by atoms with Gasteiger partial charge in [0, 0.05) is 38.0 Å². The Balaban J connectivity index is 1.89. The fourth-order valence-electron chi connectivity index (χ4n) is 4.83. The van der Waals surface area contributed by atoms with E-state index in [0.717, 1.165) is 29.4 Å². The minimum atomic E-state index is -3.61. The first-order valence-corrected chi connectivity index (χ1v) is 15.7. The molecule has 41 heavy (non-hydrogen) atoms. The smallest absolute Gasteiger partial charge is 0.243 e. The maximum absolute atomic E-state index is 14.7. The van der Waals surface area contributed by atoms with Crippen LogP contribution >= 0.6 is 0 Å². The lowest BCUT2D eigenvalue weighted by atomic mass is 10.0. The highest BCUT2D eigenvalue weighted by Crippen LogP contribution is 2.23. The first-order chi connectivity index (χ1) is 19.5. The van der Waals surface area contributed by atoms with E-state index in [9.17, 15) is 22.4 Å². The number of benzene rings is 3. The molecule has 3 aromatic carbocycles. The van der Waals surface area contributed by atoms with Crippen LogP contribution in [0.2, 0.25) is 0 Å². The van der Waals surface area contributed by atoms with E-state index < -0.39 is 21.9 Å². The van der Waals surface area contributed by atoms with Crippen LogP contribution in [0, 0.1) is 19.7 Å². The van der Waals surface area contributed by atoms with Gasteiger partial charge in [-0.1, -0.05) is 61.5 Å². The van der Waals surface area contributed by atoms with Crippen LogP contribution in [0.15, 0.2) is 72.8 Å². The molecule has 3 aromatic rings. The summed E-state index contributed by atoms with van der Waals surface area (Å²) >= 11 is 0. The Morgan fingerprint density at radius 1 is 0.951 bits per heavy atom. The number of amides is 2. The average molecular weight is 582 g/mol.